The van der Waals surface area contributed by atoms with E-state index >= 15 is 0 Å². The molecule has 1 rings (SSSR count). The van der Waals surface area contributed by atoms with Gasteiger partial charge in [-0.25, -0.2) is 5.43 Å². The molecule has 0 aromatic carbocycles. The molecule has 0 aromatic rings. The fourth-order valence-corrected chi connectivity index (χ4v) is 2.97. The number of hydrogen-bond acceptors (Lipinski definition) is 2. The zero-order chi connectivity index (χ0) is 15.2. The second-order valence-electron chi connectivity index (χ2n) is 6.44. The molecule has 21 heavy (non-hydrogen) atoms. The van der Waals surface area contributed by atoms with Crippen molar-refractivity contribution in [1.29, 1.82) is 0 Å². The van der Waals surface area contributed by atoms with Gasteiger partial charge in [0.15, 0.2) is 0 Å². The number of rotatable bonds is 11. The Morgan fingerprint density at radius 1 is 1.00 bits per heavy atom. The van der Waals surface area contributed by atoms with E-state index in [4.69, 9.17) is 0 Å². The lowest BCUT2D eigenvalue weighted by Crippen LogP contribution is -2.18. The minimum absolute atomic E-state index is 0.0769. The highest BCUT2D eigenvalue weighted by Gasteiger charge is 2.10. The molecule has 0 saturated heterocycles. The first-order valence-electron chi connectivity index (χ1n) is 9.15. The van der Waals surface area contributed by atoms with Gasteiger partial charge in [-0.3, -0.25) is 4.79 Å². The van der Waals surface area contributed by atoms with Gasteiger partial charge in [0.05, 0.1) is 0 Å². The van der Waals surface area contributed by atoms with E-state index in [0.717, 1.165) is 6.42 Å². The maximum atomic E-state index is 11.6. The lowest BCUT2D eigenvalue weighted by Gasteiger charge is -2.16. The van der Waals surface area contributed by atoms with E-state index in [1.807, 2.05) is 6.21 Å². The van der Waals surface area contributed by atoms with Gasteiger partial charge in [0.25, 0.3) is 0 Å². The summed E-state index contributed by atoms with van der Waals surface area (Å²) in [6.07, 6.45) is 19.2. The molecule has 1 aliphatic carbocycles. The Morgan fingerprint density at radius 2 is 1.62 bits per heavy atom. The number of carbonyl (C=O) groups excluding carboxylic acids is 1. The topological polar surface area (TPSA) is 41.5 Å². The van der Waals surface area contributed by atoms with E-state index in [1.54, 1.807) is 0 Å². The van der Waals surface area contributed by atoms with Crippen LogP contribution in [0, 0.1) is 5.92 Å². The van der Waals surface area contributed by atoms with Gasteiger partial charge in [0, 0.05) is 12.6 Å². The molecule has 0 radical (unpaired) electrons. The van der Waals surface area contributed by atoms with Crippen molar-refractivity contribution in [3.63, 3.8) is 0 Å². The van der Waals surface area contributed by atoms with Crippen LogP contribution in [0.2, 0.25) is 0 Å². The van der Waals surface area contributed by atoms with E-state index < -0.39 is 0 Å². The molecule has 0 aliphatic heterocycles. The molecule has 1 fully saturated rings. The largest absolute Gasteiger partial charge is 0.273 e. The van der Waals surface area contributed by atoms with Crippen LogP contribution in [0.25, 0.3) is 0 Å². The van der Waals surface area contributed by atoms with Crippen LogP contribution in [0.4, 0.5) is 0 Å². The molecule has 0 unspecified atom stereocenters. The third-order valence-corrected chi connectivity index (χ3v) is 4.38. The lowest BCUT2D eigenvalue weighted by atomic mass is 9.90. The van der Waals surface area contributed by atoms with Crippen LogP contribution in [0.3, 0.4) is 0 Å². The Balaban J connectivity index is 1.90. The highest BCUT2D eigenvalue weighted by Crippen LogP contribution is 2.21. The van der Waals surface area contributed by atoms with Crippen molar-refractivity contribution in [3.8, 4) is 0 Å². The predicted molar refractivity (Wildman–Crippen MR) is 90.4 cm³/mol. The number of nitrogens with one attached hydrogen (secondary N) is 1. The van der Waals surface area contributed by atoms with Gasteiger partial charge in [-0.1, -0.05) is 71.1 Å². The Kier molecular flexibility index (Phi) is 11.1. The van der Waals surface area contributed by atoms with Gasteiger partial charge < -0.3 is 0 Å². The van der Waals surface area contributed by atoms with Crippen LogP contribution < -0.4 is 5.43 Å². The molecule has 0 heterocycles. The quantitative estimate of drug-likeness (QED) is 0.317. The fraction of sp³-hybridized carbons (Fsp3) is 0.889. The number of amides is 1. The molecule has 0 aromatic heterocycles. The lowest BCUT2D eigenvalue weighted by molar-refractivity contribution is -0.121. The summed E-state index contributed by atoms with van der Waals surface area (Å²) >= 11 is 0. The highest BCUT2D eigenvalue weighted by atomic mass is 16.2. The molecule has 3 nitrogen and oxygen atoms in total. The van der Waals surface area contributed by atoms with Crippen molar-refractivity contribution < 1.29 is 4.79 Å². The van der Waals surface area contributed by atoms with E-state index in [1.165, 1.54) is 77.0 Å². The van der Waals surface area contributed by atoms with Crippen molar-refractivity contribution in [3.05, 3.63) is 0 Å². The highest BCUT2D eigenvalue weighted by molar-refractivity contribution is 5.76. The average Bonchev–Trinajstić information content (AvgIpc) is 2.51. The third kappa shape index (κ3) is 10.5. The van der Waals surface area contributed by atoms with Crippen molar-refractivity contribution in [2.75, 3.05) is 0 Å². The molecular weight excluding hydrogens is 260 g/mol. The Morgan fingerprint density at radius 3 is 2.29 bits per heavy atom. The Bertz CT molecular complexity index is 283. The molecule has 3 heteroatoms. The second-order valence-corrected chi connectivity index (χ2v) is 6.44. The van der Waals surface area contributed by atoms with Gasteiger partial charge in [-0.15, -0.1) is 0 Å². The van der Waals surface area contributed by atoms with Crippen molar-refractivity contribution in [2.24, 2.45) is 11.0 Å². The summed E-state index contributed by atoms with van der Waals surface area (Å²) in [6, 6.07) is 0. The predicted octanol–water partition coefficient (Wildman–Crippen LogP) is 5.20. The SMILES string of the molecule is CCCCCCCCCCC(=O)NN=CC1CCCCC1. The minimum Gasteiger partial charge on any atom is -0.273 e. The Hall–Kier alpha value is -0.860. The molecule has 1 saturated carbocycles. The molecule has 0 atom stereocenters. The van der Waals surface area contributed by atoms with E-state index in [0.29, 0.717) is 12.3 Å². The van der Waals surface area contributed by atoms with Gasteiger partial charge in [-0.2, -0.15) is 5.10 Å². The zero-order valence-corrected chi connectivity index (χ0v) is 13.9. The first kappa shape index (κ1) is 18.2. The molecule has 1 amide bonds. The van der Waals surface area contributed by atoms with Crippen molar-refractivity contribution >= 4 is 12.1 Å². The summed E-state index contributed by atoms with van der Waals surface area (Å²) in [5.41, 5.74) is 2.68. The van der Waals surface area contributed by atoms with E-state index in [2.05, 4.69) is 17.5 Å². The summed E-state index contributed by atoms with van der Waals surface area (Å²) in [6.45, 7) is 2.25. The first-order chi connectivity index (χ1) is 10.3. The molecule has 0 bridgehead atoms. The maximum absolute atomic E-state index is 11.6. The number of nitrogens with zero attached hydrogens (tertiary/aromatic N) is 1. The zero-order valence-electron chi connectivity index (χ0n) is 13.9. The number of unbranched alkanes of at least 4 members (excludes halogenated alkanes) is 7. The summed E-state index contributed by atoms with van der Waals surface area (Å²) in [4.78, 5) is 11.6. The maximum Gasteiger partial charge on any atom is 0.240 e. The van der Waals surface area contributed by atoms with Gasteiger partial charge in [0.2, 0.25) is 5.91 Å². The van der Waals surface area contributed by atoms with Crippen LogP contribution >= 0.6 is 0 Å². The van der Waals surface area contributed by atoms with Crippen LogP contribution in [-0.2, 0) is 4.79 Å². The Labute approximate surface area is 131 Å². The first-order valence-corrected chi connectivity index (χ1v) is 9.15. The summed E-state index contributed by atoms with van der Waals surface area (Å²) < 4.78 is 0. The van der Waals surface area contributed by atoms with Gasteiger partial charge >= 0.3 is 0 Å². The number of carbonyl (C=O) groups is 1. The molecule has 0 spiro atoms. The van der Waals surface area contributed by atoms with E-state index in [9.17, 15) is 4.79 Å². The molecular formula is C18H34N2O. The van der Waals surface area contributed by atoms with E-state index in [-0.39, 0.29) is 5.91 Å². The third-order valence-electron chi connectivity index (χ3n) is 4.38. The van der Waals surface area contributed by atoms with Crippen LogP contribution in [-0.4, -0.2) is 12.1 Å². The number of hydrogen-bond donors (Lipinski definition) is 1. The standard InChI is InChI=1S/C18H34N2O/c1-2-3-4-5-6-7-8-12-15-18(21)20-19-16-17-13-10-9-11-14-17/h16-17H,2-15H2,1H3,(H,20,21). The fourth-order valence-electron chi connectivity index (χ4n) is 2.97. The molecule has 1 N–H and O–H groups in total. The number of hydrazone groups is 1. The van der Waals surface area contributed by atoms with Crippen molar-refractivity contribution in [1.82, 2.24) is 5.43 Å². The van der Waals surface area contributed by atoms with Gasteiger partial charge in [-0.05, 0) is 25.2 Å². The van der Waals surface area contributed by atoms with Crippen molar-refractivity contribution in [2.45, 2.75) is 96.8 Å². The summed E-state index contributed by atoms with van der Waals surface area (Å²) in [5.74, 6) is 0.662. The van der Waals surface area contributed by atoms with Crippen LogP contribution in [0.15, 0.2) is 5.10 Å². The second kappa shape index (κ2) is 12.8. The monoisotopic (exact) mass is 294 g/mol. The minimum atomic E-state index is 0.0769. The molecule has 122 valence electrons. The summed E-state index contributed by atoms with van der Waals surface area (Å²) in [7, 11) is 0. The smallest absolute Gasteiger partial charge is 0.240 e. The normalized spacial score (nSPS) is 16.4. The molecule has 1 aliphatic rings. The summed E-state index contributed by atoms with van der Waals surface area (Å²) in [5, 5.41) is 4.12. The van der Waals surface area contributed by atoms with Crippen LogP contribution in [0.5, 0.6) is 0 Å². The van der Waals surface area contributed by atoms with Gasteiger partial charge in [0.1, 0.15) is 0 Å². The van der Waals surface area contributed by atoms with Crippen LogP contribution in [0.1, 0.15) is 96.8 Å². The average molecular weight is 294 g/mol.